The summed E-state index contributed by atoms with van der Waals surface area (Å²) in [5, 5.41) is 6.25. The first-order valence-corrected chi connectivity index (χ1v) is 7.48. The molecule has 4 heteroatoms. The van der Waals surface area contributed by atoms with Crippen LogP contribution in [-0.4, -0.2) is 16.9 Å². The average molecular weight is 297 g/mol. The van der Waals surface area contributed by atoms with Crippen molar-refractivity contribution in [1.29, 1.82) is 0 Å². The molecule has 0 spiro atoms. The van der Waals surface area contributed by atoms with Gasteiger partial charge in [0.15, 0.2) is 0 Å². The second-order valence-corrected chi connectivity index (χ2v) is 5.96. The molecule has 0 saturated heterocycles. The average Bonchev–Trinajstić information content (AvgIpc) is 2.42. The first kappa shape index (κ1) is 16.0. The molecule has 0 unspecified atom stereocenters. The molecule has 0 atom stereocenters. The number of nitrogens with zero attached hydrogens (tertiary/aromatic N) is 1. The van der Waals surface area contributed by atoms with Crippen LogP contribution in [-0.2, 0) is 0 Å². The molecule has 0 aliphatic heterocycles. The molecule has 0 aliphatic rings. The number of hydrogen-bond acceptors (Lipinski definition) is 3. The van der Waals surface area contributed by atoms with Crippen LogP contribution in [0.5, 0.6) is 0 Å². The molecule has 2 aromatic rings. The van der Waals surface area contributed by atoms with Crippen LogP contribution in [0.15, 0.2) is 30.5 Å². The van der Waals surface area contributed by atoms with E-state index in [-0.39, 0.29) is 11.9 Å². The molecule has 2 rings (SSSR count). The van der Waals surface area contributed by atoms with E-state index in [2.05, 4.69) is 48.5 Å². The van der Waals surface area contributed by atoms with Crippen molar-refractivity contribution in [1.82, 2.24) is 10.3 Å². The SMILES string of the molecule is Cc1cc(C)c(Nc2ccnc(C(=O)NC(C)C)c2)c(C)c1. The molecule has 0 radical (unpaired) electrons. The van der Waals surface area contributed by atoms with Gasteiger partial charge in [-0.2, -0.15) is 0 Å². The molecule has 116 valence electrons. The van der Waals surface area contributed by atoms with Crippen molar-refractivity contribution in [3.8, 4) is 0 Å². The van der Waals surface area contributed by atoms with Gasteiger partial charge in [-0.15, -0.1) is 0 Å². The van der Waals surface area contributed by atoms with E-state index < -0.39 is 0 Å². The fourth-order valence-corrected chi connectivity index (χ4v) is 2.49. The van der Waals surface area contributed by atoms with Gasteiger partial charge in [0.05, 0.1) is 0 Å². The summed E-state index contributed by atoms with van der Waals surface area (Å²) in [4.78, 5) is 16.2. The van der Waals surface area contributed by atoms with Gasteiger partial charge in [-0.25, -0.2) is 0 Å². The van der Waals surface area contributed by atoms with E-state index in [1.54, 1.807) is 12.3 Å². The summed E-state index contributed by atoms with van der Waals surface area (Å²) in [6, 6.07) is 8.01. The van der Waals surface area contributed by atoms with E-state index >= 15 is 0 Å². The number of rotatable bonds is 4. The van der Waals surface area contributed by atoms with Crippen molar-refractivity contribution in [2.45, 2.75) is 40.7 Å². The minimum absolute atomic E-state index is 0.0903. The number of nitrogens with one attached hydrogen (secondary N) is 2. The number of carbonyl (C=O) groups is 1. The normalized spacial score (nSPS) is 10.6. The Bertz CT molecular complexity index is 669. The number of hydrogen-bond donors (Lipinski definition) is 2. The van der Waals surface area contributed by atoms with Gasteiger partial charge in [0.25, 0.3) is 5.91 Å². The van der Waals surface area contributed by atoms with Crippen LogP contribution in [0, 0.1) is 20.8 Å². The maximum atomic E-state index is 12.0. The number of benzene rings is 1. The summed E-state index contributed by atoms with van der Waals surface area (Å²) in [5.41, 5.74) is 5.96. The lowest BCUT2D eigenvalue weighted by molar-refractivity contribution is 0.0938. The highest BCUT2D eigenvalue weighted by molar-refractivity contribution is 5.93. The third-order valence-corrected chi connectivity index (χ3v) is 3.36. The predicted molar refractivity (Wildman–Crippen MR) is 90.8 cm³/mol. The number of anilines is 2. The van der Waals surface area contributed by atoms with E-state index in [0.29, 0.717) is 5.69 Å². The molecular formula is C18H23N3O. The fraction of sp³-hybridized carbons (Fsp3) is 0.333. The largest absolute Gasteiger partial charge is 0.355 e. The molecule has 1 aromatic heterocycles. The Morgan fingerprint density at radius 2 is 1.73 bits per heavy atom. The summed E-state index contributed by atoms with van der Waals surface area (Å²) < 4.78 is 0. The Balaban J connectivity index is 2.26. The maximum Gasteiger partial charge on any atom is 0.270 e. The summed E-state index contributed by atoms with van der Waals surface area (Å²) in [6.07, 6.45) is 1.65. The van der Waals surface area contributed by atoms with Gasteiger partial charge in [-0.1, -0.05) is 17.7 Å². The lowest BCUT2D eigenvalue weighted by Gasteiger charge is -2.14. The molecule has 1 heterocycles. The highest BCUT2D eigenvalue weighted by Gasteiger charge is 2.10. The van der Waals surface area contributed by atoms with Crippen molar-refractivity contribution >= 4 is 17.3 Å². The number of aromatic nitrogens is 1. The maximum absolute atomic E-state index is 12.0. The summed E-state index contributed by atoms with van der Waals surface area (Å²) in [5.74, 6) is -0.156. The van der Waals surface area contributed by atoms with Crippen LogP contribution in [0.2, 0.25) is 0 Å². The molecule has 0 aliphatic carbocycles. The third kappa shape index (κ3) is 3.85. The molecule has 1 amide bonds. The van der Waals surface area contributed by atoms with Crippen molar-refractivity contribution < 1.29 is 4.79 Å². The van der Waals surface area contributed by atoms with Crippen molar-refractivity contribution in [3.63, 3.8) is 0 Å². The zero-order chi connectivity index (χ0) is 16.3. The van der Waals surface area contributed by atoms with Gasteiger partial charge >= 0.3 is 0 Å². The molecule has 1 aromatic carbocycles. The molecule has 2 N–H and O–H groups in total. The zero-order valence-electron chi connectivity index (χ0n) is 13.8. The molecule has 0 saturated carbocycles. The highest BCUT2D eigenvalue weighted by Crippen LogP contribution is 2.25. The second kappa shape index (κ2) is 6.60. The van der Waals surface area contributed by atoms with Gasteiger partial charge in [-0.3, -0.25) is 9.78 Å². The minimum Gasteiger partial charge on any atom is -0.355 e. The van der Waals surface area contributed by atoms with Crippen LogP contribution in [0.1, 0.15) is 41.0 Å². The van der Waals surface area contributed by atoms with Gasteiger partial charge in [0, 0.05) is 23.6 Å². The standard InChI is InChI=1S/C18H23N3O/c1-11(2)20-18(22)16-10-15(6-7-19-16)21-17-13(4)8-12(3)9-14(17)5/h6-11H,1-5H3,(H,19,21)(H,20,22). The van der Waals surface area contributed by atoms with Crippen LogP contribution < -0.4 is 10.6 Å². The minimum atomic E-state index is -0.156. The van der Waals surface area contributed by atoms with Crippen molar-refractivity contribution in [3.05, 3.63) is 52.8 Å². The predicted octanol–water partition coefficient (Wildman–Crippen LogP) is 3.89. The number of carbonyl (C=O) groups excluding carboxylic acids is 1. The Labute approximate surface area is 132 Å². The van der Waals surface area contributed by atoms with E-state index in [9.17, 15) is 4.79 Å². The van der Waals surface area contributed by atoms with Crippen molar-refractivity contribution in [2.75, 3.05) is 5.32 Å². The Kier molecular flexibility index (Phi) is 4.81. The van der Waals surface area contributed by atoms with Gasteiger partial charge in [0.1, 0.15) is 5.69 Å². The molecular weight excluding hydrogens is 274 g/mol. The van der Waals surface area contributed by atoms with Crippen LogP contribution in [0.3, 0.4) is 0 Å². The first-order valence-electron chi connectivity index (χ1n) is 7.48. The Hall–Kier alpha value is -2.36. The zero-order valence-corrected chi connectivity index (χ0v) is 13.8. The summed E-state index contributed by atoms with van der Waals surface area (Å²) in [7, 11) is 0. The number of aryl methyl sites for hydroxylation is 3. The van der Waals surface area contributed by atoms with Crippen LogP contribution in [0.4, 0.5) is 11.4 Å². The van der Waals surface area contributed by atoms with Gasteiger partial charge in [-0.05, 0) is 57.9 Å². The molecule has 0 bridgehead atoms. The molecule has 0 fully saturated rings. The van der Waals surface area contributed by atoms with Gasteiger partial charge in [0.2, 0.25) is 0 Å². The van der Waals surface area contributed by atoms with Gasteiger partial charge < -0.3 is 10.6 Å². The third-order valence-electron chi connectivity index (χ3n) is 3.36. The van der Waals surface area contributed by atoms with E-state index in [0.717, 1.165) is 11.4 Å². The van der Waals surface area contributed by atoms with E-state index in [1.807, 2.05) is 19.9 Å². The monoisotopic (exact) mass is 297 g/mol. The summed E-state index contributed by atoms with van der Waals surface area (Å²) in [6.45, 7) is 10.1. The second-order valence-electron chi connectivity index (χ2n) is 5.96. The highest BCUT2D eigenvalue weighted by atomic mass is 16.1. The topological polar surface area (TPSA) is 54.0 Å². The quantitative estimate of drug-likeness (QED) is 0.900. The Morgan fingerprint density at radius 1 is 1.09 bits per heavy atom. The smallest absolute Gasteiger partial charge is 0.270 e. The van der Waals surface area contributed by atoms with Crippen LogP contribution in [0.25, 0.3) is 0 Å². The van der Waals surface area contributed by atoms with E-state index in [4.69, 9.17) is 0 Å². The summed E-state index contributed by atoms with van der Waals surface area (Å²) >= 11 is 0. The van der Waals surface area contributed by atoms with Crippen molar-refractivity contribution in [2.24, 2.45) is 0 Å². The number of amides is 1. The first-order chi connectivity index (χ1) is 10.4. The Morgan fingerprint density at radius 3 is 2.32 bits per heavy atom. The fourth-order valence-electron chi connectivity index (χ4n) is 2.49. The number of pyridine rings is 1. The molecule has 22 heavy (non-hydrogen) atoms. The lowest BCUT2D eigenvalue weighted by atomic mass is 10.0. The van der Waals surface area contributed by atoms with E-state index in [1.165, 1.54) is 16.7 Å². The lowest BCUT2D eigenvalue weighted by Crippen LogP contribution is -2.30. The van der Waals surface area contributed by atoms with Crippen LogP contribution >= 0.6 is 0 Å². The molecule has 4 nitrogen and oxygen atoms in total.